The Labute approximate surface area is 98.7 Å². The molecule has 1 aromatic rings. The van der Waals surface area contributed by atoms with Crippen LogP contribution >= 0.6 is 0 Å². The van der Waals surface area contributed by atoms with Crippen LogP contribution in [0, 0.1) is 0 Å². The van der Waals surface area contributed by atoms with E-state index in [4.69, 9.17) is 5.73 Å². The van der Waals surface area contributed by atoms with Crippen molar-refractivity contribution in [1.29, 1.82) is 0 Å². The number of pyridine rings is 1. The van der Waals surface area contributed by atoms with Gasteiger partial charge in [-0.05, 0) is 31.6 Å². The summed E-state index contributed by atoms with van der Waals surface area (Å²) in [6, 6.07) is 6.10. The van der Waals surface area contributed by atoms with Crippen molar-refractivity contribution < 1.29 is 0 Å². The number of hydrogen-bond donors (Lipinski definition) is 1. The molecule has 0 saturated carbocycles. The largest absolute Gasteiger partial charge is 0.325 e. The topological polar surface area (TPSA) is 42.1 Å². The fourth-order valence-corrected chi connectivity index (χ4v) is 1.69. The highest BCUT2D eigenvalue weighted by Gasteiger charge is 2.04. The van der Waals surface area contributed by atoms with Gasteiger partial charge >= 0.3 is 0 Å². The summed E-state index contributed by atoms with van der Waals surface area (Å²) >= 11 is 0. The quantitative estimate of drug-likeness (QED) is 0.767. The molecule has 0 aliphatic carbocycles. The number of nitrogens with two attached hydrogens (primary N) is 1. The maximum Gasteiger partial charge on any atom is 0.0547 e. The first-order valence-electron chi connectivity index (χ1n) is 6.17. The van der Waals surface area contributed by atoms with E-state index in [-0.39, 0.29) is 0 Å². The molecule has 16 heavy (non-hydrogen) atoms. The van der Waals surface area contributed by atoms with Crippen LogP contribution in [0.15, 0.2) is 18.2 Å². The van der Waals surface area contributed by atoms with Crippen LogP contribution in [-0.4, -0.2) is 23.0 Å². The van der Waals surface area contributed by atoms with Crippen LogP contribution in [-0.2, 0) is 13.1 Å². The van der Waals surface area contributed by atoms with Crippen molar-refractivity contribution in [2.24, 2.45) is 5.73 Å². The Morgan fingerprint density at radius 1 is 1.25 bits per heavy atom. The molecular formula is C13H23N3. The van der Waals surface area contributed by atoms with Crippen LogP contribution in [0.1, 0.15) is 38.1 Å². The first-order chi connectivity index (χ1) is 7.80. The second kappa shape index (κ2) is 7.36. The smallest absolute Gasteiger partial charge is 0.0547 e. The molecule has 0 aromatic carbocycles. The fourth-order valence-electron chi connectivity index (χ4n) is 1.69. The van der Waals surface area contributed by atoms with Crippen molar-refractivity contribution in [2.45, 2.75) is 39.8 Å². The second-order valence-corrected chi connectivity index (χ2v) is 4.05. The number of rotatable bonds is 7. The Hall–Kier alpha value is -0.930. The van der Waals surface area contributed by atoms with Gasteiger partial charge in [-0.15, -0.1) is 0 Å². The molecule has 0 saturated heterocycles. The maximum absolute atomic E-state index is 5.59. The zero-order valence-corrected chi connectivity index (χ0v) is 10.4. The van der Waals surface area contributed by atoms with Crippen molar-refractivity contribution in [3.05, 3.63) is 29.6 Å². The summed E-state index contributed by atoms with van der Waals surface area (Å²) in [6.45, 7) is 8.11. The molecule has 0 spiro atoms. The van der Waals surface area contributed by atoms with Gasteiger partial charge in [-0.2, -0.15) is 0 Å². The minimum atomic E-state index is 0.523. The van der Waals surface area contributed by atoms with Crippen LogP contribution in [0.2, 0.25) is 0 Å². The Bertz CT molecular complexity index is 299. The van der Waals surface area contributed by atoms with E-state index in [1.807, 2.05) is 12.1 Å². The van der Waals surface area contributed by atoms with Gasteiger partial charge in [0.2, 0.25) is 0 Å². The molecule has 0 bridgehead atoms. The third-order valence-corrected chi connectivity index (χ3v) is 2.73. The van der Waals surface area contributed by atoms with Crippen LogP contribution in [0.4, 0.5) is 0 Å². The van der Waals surface area contributed by atoms with E-state index < -0.39 is 0 Å². The van der Waals surface area contributed by atoms with Gasteiger partial charge in [0.1, 0.15) is 0 Å². The minimum absolute atomic E-state index is 0.523. The molecule has 0 atom stereocenters. The van der Waals surface area contributed by atoms with Crippen LogP contribution < -0.4 is 5.73 Å². The van der Waals surface area contributed by atoms with Crippen molar-refractivity contribution >= 4 is 0 Å². The lowest BCUT2D eigenvalue weighted by atomic mass is 10.2. The molecule has 3 heteroatoms. The Morgan fingerprint density at radius 2 is 2.00 bits per heavy atom. The van der Waals surface area contributed by atoms with E-state index in [1.54, 1.807) is 0 Å². The number of aromatic nitrogens is 1. The standard InChI is InChI=1S/C13H23N3/c1-3-5-9-16(4-2)11-13-8-6-7-12(10-14)15-13/h6-8H,3-5,9-11,14H2,1-2H3. The predicted molar refractivity (Wildman–Crippen MR) is 68.0 cm³/mol. The molecule has 0 aliphatic heterocycles. The summed E-state index contributed by atoms with van der Waals surface area (Å²) in [5.41, 5.74) is 7.69. The van der Waals surface area contributed by atoms with Crippen molar-refractivity contribution in [3.63, 3.8) is 0 Å². The molecule has 1 heterocycles. The highest BCUT2D eigenvalue weighted by molar-refractivity contribution is 5.10. The van der Waals surface area contributed by atoms with Gasteiger partial charge in [-0.25, -0.2) is 0 Å². The van der Waals surface area contributed by atoms with E-state index in [2.05, 4.69) is 29.8 Å². The van der Waals surface area contributed by atoms with E-state index in [1.165, 1.54) is 12.8 Å². The van der Waals surface area contributed by atoms with Crippen LogP contribution in [0.25, 0.3) is 0 Å². The van der Waals surface area contributed by atoms with E-state index in [9.17, 15) is 0 Å². The number of nitrogens with zero attached hydrogens (tertiary/aromatic N) is 2. The van der Waals surface area contributed by atoms with Crippen molar-refractivity contribution in [1.82, 2.24) is 9.88 Å². The van der Waals surface area contributed by atoms with Crippen molar-refractivity contribution in [2.75, 3.05) is 13.1 Å². The highest BCUT2D eigenvalue weighted by atomic mass is 15.1. The molecule has 3 nitrogen and oxygen atoms in total. The van der Waals surface area contributed by atoms with E-state index in [0.717, 1.165) is 31.0 Å². The summed E-state index contributed by atoms with van der Waals surface area (Å²) < 4.78 is 0. The lowest BCUT2D eigenvalue weighted by molar-refractivity contribution is 0.272. The van der Waals surface area contributed by atoms with Gasteiger partial charge in [-0.1, -0.05) is 26.3 Å². The Morgan fingerprint density at radius 3 is 2.62 bits per heavy atom. The summed E-state index contributed by atoms with van der Waals surface area (Å²) in [4.78, 5) is 6.94. The lowest BCUT2D eigenvalue weighted by Crippen LogP contribution is -2.24. The molecular weight excluding hydrogens is 198 g/mol. The third kappa shape index (κ3) is 4.29. The normalized spacial score (nSPS) is 11.0. The van der Waals surface area contributed by atoms with Gasteiger partial charge in [-0.3, -0.25) is 9.88 Å². The molecule has 90 valence electrons. The summed E-state index contributed by atoms with van der Waals surface area (Å²) in [5, 5.41) is 0. The number of unbranched alkanes of at least 4 members (excludes halogenated alkanes) is 1. The van der Waals surface area contributed by atoms with E-state index in [0.29, 0.717) is 6.54 Å². The zero-order chi connectivity index (χ0) is 11.8. The highest BCUT2D eigenvalue weighted by Crippen LogP contribution is 2.04. The molecule has 2 N–H and O–H groups in total. The predicted octanol–water partition coefficient (Wildman–Crippen LogP) is 2.16. The van der Waals surface area contributed by atoms with Crippen LogP contribution in [0.5, 0.6) is 0 Å². The van der Waals surface area contributed by atoms with Gasteiger partial charge in [0.15, 0.2) is 0 Å². The first-order valence-corrected chi connectivity index (χ1v) is 6.17. The SMILES string of the molecule is CCCCN(CC)Cc1cccc(CN)n1. The van der Waals surface area contributed by atoms with Crippen LogP contribution in [0.3, 0.4) is 0 Å². The molecule has 0 unspecified atom stereocenters. The summed E-state index contributed by atoms with van der Waals surface area (Å²) in [7, 11) is 0. The number of hydrogen-bond acceptors (Lipinski definition) is 3. The van der Waals surface area contributed by atoms with E-state index >= 15 is 0 Å². The maximum atomic E-state index is 5.59. The van der Waals surface area contributed by atoms with Gasteiger partial charge < -0.3 is 5.73 Å². The van der Waals surface area contributed by atoms with Crippen molar-refractivity contribution in [3.8, 4) is 0 Å². The Balaban J connectivity index is 2.55. The van der Waals surface area contributed by atoms with Gasteiger partial charge in [0.25, 0.3) is 0 Å². The molecule has 0 amide bonds. The molecule has 0 fully saturated rings. The average Bonchev–Trinajstić information content (AvgIpc) is 2.34. The average molecular weight is 221 g/mol. The monoisotopic (exact) mass is 221 g/mol. The molecule has 1 aromatic heterocycles. The van der Waals surface area contributed by atoms with Gasteiger partial charge in [0.05, 0.1) is 11.4 Å². The molecule has 1 rings (SSSR count). The Kier molecular flexibility index (Phi) is 6.04. The fraction of sp³-hybridized carbons (Fsp3) is 0.615. The zero-order valence-electron chi connectivity index (χ0n) is 10.4. The lowest BCUT2D eigenvalue weighted by Gasteiger charge is -2.19. The van der Waals surface area contributed by atoms with Gasteiger partial charge in [0, 0.05) is 13.1 Å². The molecule has 0 aliphatic rings. The summed E-state index contributed by atoms with van der Waals surface area (Å²) in [5.74, 6) is 0. The molecule has 0 radical (unpaired) electrons. The minimum Gasteiger partial charge on any atom is -0.325 e. The summed E-state index contributed by atoms with van der Waals surface area (Å²) in [6.07, 6.45) is 2.50. The second-order valence-electron chi connectivity index (χ2n) is 4.05. The third-order valence-electron chi connectivity index (χ3n) is 2.73. The first kappa shape index (κ1) is 13.1.